The molecule has 0 unspecified atom stereocenters. The number of carbonyl (C=O) groups excluding carboxylic acids is 1. The van der Waals surface area contributed by atoms with E-state index >= 15 is 0 Å². The van der Waals surface area contributed by atoms with Crippen molar-refractivity contribution in [2.45, 2.75) is 44.2 Å². The molecule has 0 aromatic rings. The van der Waals surface area contributed by atoms with Crippen LogP contribution in [0.5, 0.6) is 0 Å². The third-order valence-electron chi connectivity index (χ3n) is 4.38. The maximum absolute atomic E-state index is 12.3. The normalized spacial score (nSPS) is 24.7. The topological polar surface area (TPSA) is 102 Å². The van der Waals surface area contributed by atoms with Gasteiger partial charge in [0.1, 0.15) is 0 Å². The van der Waals surface area contributed by atoms with E-state index in [9.17, 15) is 13.2 Å². The summed E-state index contributed by atoms with van der Waals surface area (Å²) in [5.74, 6) is -0.0155. The van der Waals surface area contributed by atoms with Gasteiger partial charge < -0.3 is 15.8 Å². The van der Waals surface area contributed by atoms with E-state index < -0.39 is 15.6 Å². The number of hydrogen-bond acceptors (Lipinski definition) is 5. The Bertz CT molecular complexity index is 466. The van der Waals surface area contributed by atoms with E-state index in [1.54, 1.807) is 6.92 Å². The van der Waals surface area contributed by atoms with Crippen LogP contribution >= 0.6 is 0 Å². The van der Waals surface area contributed by atoms with Gasteiger partial charge in [0.15, 0.2) is 0 Å². The van der Waals surface area contributed by atoms with Gasteiger partial charge in [-0.3, -0.25) is 4.79 Å². The van der Waals surface area contributed by atoms with Gasteiger partial charge in [0.2, 0.25) is 15.9 Å². The molecule has 2 aliphatic heterocycles. The van der Waals surface area contributed by atoms with Crippen molar-refractivity contribution in [1.82, 2.24) is 9.62 Å². The van der Waals surface area contributed by atoms with Crippen molar-refractivity contribution in [3.63, 3.8) is 0 Å². The van der Waals surface area contributed by atoms with Crippen molar-refractivity contribution < 1.29 is 17.9 Å². The van der Waals surface area contributed by atoms with E-state index in [0.717, 1.165) is 0 Å². The summed E-state index contributed by atoms with van der Waals surface area (Å²) >= 11 is 0. The van der Waals surface area contributed by atoms with Crippen LogP contribution in [-0.4, -0.2) is 62.3 Å². The third kappa shape index (κ3) is 3.94. The number of rotatable bonds is 4. The second kappa shape index (κ2) is 6.60. The predicted octanol–water partition coefficient (Wildman–Crippen LogP) is -0.575. The van der Waals surface area contributed by atoms with Crippen molar-refractivity contribution in [3.05, 3.63) is 0 Å². The minimum Gasteiger partial charge on any atom is -0.381 e. The first kappa shape index (κ1) is 16.7. The lowest BCUT2D eigenvalue weighted by Crippen LogP contribution is -2.59. The fourth-order valence-corrected chi connectivity index (χ4v) is 3.89. The monoisotopic (exact) mass is 319 g/mol. The smallest absolute Gasteiger partial charge is 0.240 e. The zero-order valence-electron chi connectivity index (χ0n) is 12.5. The lowest BCUT2D eigenvalue weighted by atomic mass is 9.89. The summed E-state index contributed by atoms with van der Waals surface area (Å²) in [6, 6.07) is 0.00377. The number of piperidine rings is 1. The molecule has 2 aliphatic rings. The van der Waals surface area contributed by atoms with Gasteiger partial charge in [-0.15, -0.1) is 0 Å². The van der Waals surface area contributed by atoms with Crippen LogP contribution in [0.3, 0.4) is 0 Å². The highest BCUT2D eigenvalue weighted by molar-refractivity contribution is 7.89. The van der Waals surface area contributed by atoms with Gasteiger partial charge >= 0.3 is 0 Å². The van der Waals surface area contributed by atoms with Crippen LogP contribution in [-0.2, 0) is 19.6 Å². The molecule has 3 N–H and O–H groups in total. The molecule has 21 heavy (non-hydrogen) atoms. The van der Waals surface area contributed by atoms with Crippen LogP contribution in [0.15, 0.2) is 0 Å². The van der Waals surface area contributed by atoms with Crippen molar-refractivity contribution in [3.8, 4) is 0 Å². The van der Waals surface area contributed by atoms with Gasteiger partial charge in [-0.1, -0.05) is 0 Å². The van der Waals surface area contributed by atoms with Crippen LogP contribution < -0.4 is 11.1 Å². The lowest BCUT2D eigenvalue weighted by Gasteiger charge is -2.36. The Morgan fingerprint density at radius 1 is 1.33 bits per heavy atom. The first-order valence-electron chi connectivity index (χ1n) is 7.53. The van der Waals surface area contributed by atoms with E-state index in [1.165, 1.54) is 4.31 Å². The molecule has 2 fully saturated rings. The van der Waals surface area contributed by atoms with Crippen LogP contribution in [0.4, 0.5) is 0 Å². The number of amides is 1. The number of nitrogens with zero attached hydrogens (tertiary/aromatic N) is 1. The van der Waals surface area contributed by atoms with Gasteiger partial charge in [-0.25, -0.2) is 12.7 Å². The fraction of sp³-hybridized carbons (Fsp3) is 0.923. The summed E-state index contributed by atoms with van der Waals surface area (Å²) in [5, 5.41) is 2.98. The highest BCUT2D eigenvalue weighted by atomic mass is 32.2. The molecule has 0 aliphatic carbocycles. The van der Waals surface area contributed by atoms with Gasteiger partial charge in [0.05, 0.1) is 11.3 Å². The van der Waals surface area contributed by atoms with Gasteiger partial charge in [0, 0.05) is 32.3 Å². The van der Waals surface area contributed by atoms with E-state index in [4.69, 9.17) is 10.5 Å². The summed E-state index contributed by atoms with van der Waals surface area (Å²) < 4.78 is 30.3. The molecular weight excluding hydrogens is 294 g/mol. The summed E-state index contributed by atoms with van der Waals surface area (Å²) in [6.07, 6.45) is 2.33. The van der Waals surface area contributed by atoms with Gasteiger partial charge in [-0.05, 0) is 32.6 Å². The van der Waals surface area contributed by atoms with Crippen molar-refractivity contribution in [2.75, 3.05) is 32.1 Å². The molecule has 2 saturated heterocycles. The first-order chi connectivity index (χ1) is 9.87. The summed E-state index contributed by atoms with van der Waals surface area (Å²) in [4.78, 5) is 12.3. The molecule has 0 atom stereocenters. The van der Waals surface area contributed by atoms with E-state index in [2.05, 4.69) is 5.32 Å². The molecule has 0 bridgehead atoms. The Kier molecular flexibility index (Phi) is 5.24. The van der Waals surface area contributed by atoms with Crippen LogP contribution in [0, 0.1) is 0 Å². The zero-order chi connectivity index (χ0) is 15.5. The standard InChI is InChI=1S/C13H25N3O4S/c1-2-21(18,19)16-7-3-11(4-8-16)15-12(17)13(14)5-9-20-10-6-13/h11H,2-10,14H2,1H3,(H,15,17). The maximum atomic E-state index is 12.3. The molecule has 7 nitrogen and oxygen atoms in total. The SMILES string of the molecule is CCS(=O)(=O)N1CCC(NC(=O)C2(N)CCOCC2)CC1. The third-order valence-corrected chi connectivity index (χ3v) is 6.27. The molecule has 0 saturated carbocycles. The van der Waals surface area contributed by atoms with E-state index in [0.29, 0.717) is 52.0 Å². The molecule has 2 rings (SSSR count). The van der Waals surface area contributed by atoms with Gasteiger partial charge in [0.25, 0.3) is 0 Å². The molecule has 122 valence electrons. The minimum atomic E-state index is -3.13. The molecule has 2 heterocycles. The Morgan fingerprint density at radius 2 is 1.90 bits per heavy atom. The number of nitrogens with one attached hydrogen (secondary N) is 1. The summed E-state index contributed by atoms with van der Waals surface area (Å²) in [6.45, 7) is 3.59. The number of nitrogens with two attached hydrogens (primary N) is 1. The molecular formula is C13H25N3O4S. The molecule has 0 radical (unpaired) electrons. The Balaban J connectivity index is 1.84. The first-order valence-corrected chi connectivity index (χ1v) is 9.14. The second-order valence-electron chi connectivity index (χ2n) is 5.82. The molecule has 1 amide bonds. The van der Waals surface area contributed by atoms with Crippen LogP contribution in [0.25, 0.3) is 0 Å². The number of hydrogen-bond donors (Lipinski definition) is 2. The lowest BCUT2D eigenvalue weighted by molar-refractivity contribution is -0.130. The van der Waals surface area contributed by atoms with Crippen molar-refractivity contribution >= 4 is 15.9 Å². The van der Waals surface area contributed by atoms with Gasteiger partial charge in [-0.2, -0.15) is 0 Å². The highest BCUT2D eigenvalue weighted by Crippen LogP contribution is 2.20. The summed E-state index contributed by atoms with van der Waals surface area (Å²) in [5.41, 5.74) is 5.30. The number of ether oxygens (including phenoxy) is 1. The Hall–Kier alpha value is -0.700. The van der Waals surface area contributed by atoms with Crippen molar-refractivity contribution in [2.24, 2.45) is 5.73 Å². The molecule has 0 aromatic carbocycles. The quantitative estimate of drug-likeness (QED) is 0.722. The van der Waals surface area contributed by atoms with E-state index in [-0.39, 0.29) is 17.7 Å². The molecule has 0 aromatic heterocycles. The number of sulfonamides is 1. The molecule has 8 heteroatoms. The average Bonchev–Trinajstić information content (AvgIpc) is 2.48. The minimum absolute atomic E-state index is 0.00377. The largest absolute Gasteiger partial charge is 0.381 e. The number of carbonyl (C=O) groups is 1. The average molecular weight is 319 g/mol. The van der Waals surface area contributed by atoms with Crippen LogP contribution in [0.2, 0.25) is 0 Å². The Morgan fingerprint density at radius 3 is 2.43 bits per heavy atom. The summed E-state index contributed by atoms with van der Waals surface area (Å²) in [7, 11) is -3.13. The fourth-order valence-electron chi connectivity index (χ4n) is 2.75. The second-order valence-corrected chi connectivity index (χ2v) is 8.07. The highest BCUT2D eigenvalue weighted by Gasteiger charge is 2.37. The van der Waals surface area contributed by atoms with Crippen LogP contribution in [0.1, 0.15) is 32.6 Å². The maximum Gasteiger partial charge on any atom is 0.240 e. The zero-order valence-corrected chi connectivity index (χ0v) is 13.3. The van der Waals surface area contributed by atoms with E-state index in [1.807, 2.05) is 0 Å². The predicted molar refractivity (Wildman–Crippen MR) is 79.2 cm³/mol. The van der Waals surface area contributed by atoms with Crippen molar-refractivity contribution in [1.29, 1.82) is 0 Å². The molecule has 0 spiro atoms. The Labute approximate surface area is 126 Å².